The molecular formula is C23H28N2O5S. The van der Waals surface area contributed by atoms with E-state index in [9.17, 15) is 13.2 Å². The van der Waals surface area contributed by atoms with Gasteiger partial charge in [0.2, 0.25) is 10.0 Å². The summed E-state index contributed by atoms with van der Waals surface area (Å²) < 4.78 is 38.6. The zero-order valence-electron chi connectivity index (χ0n) is 17.9. The molecule has 1 fully saturated rings. The number of nitrogens with zero attached hydrogens (tertiary/aromatic N) is 1. The summed E-state index contributed by atoms with van der Waals surface area (Å²) in [6.07, 6.45) is 4.90. The molecule has 3 rings (SSSR count). The van der Waals surface area contributed by atoms with Crippen molar-refractivity contribution in [3.63, 3.8) is 0 Å². The monoisotopic (exact) mass is 444 g/mol. The number of piperidine rings is 1. The third-order valence-electron chi connectivity index (χ3n) is 5.25. The van der Waals surface area contributed by atoms with Crippen LogP contribution in [0.3, 0.4) is 0 Å². The number of rotatable bonds is 8. The fourth-order valence-corrected chi connectivity index (χ4v) is 5.38. The topological polar surface area (TPSA) is 84.9 Å². The van der Waals surface area contributed by atoms with Gasteiger partial charge in [-0.05, 0) is 43.5 Å². The lowest BCUT2D eigenvalue weighted by atomic mass is 10.0. The number of hydrogen-bond acceptors (Lipinski definition) is 5. The van der Waals surface area contributed by atoms with E-state index in [4.69, 9.17) is 9.47 Å². The highest BCUT2D eigenvalue weighted by Crippen LogP contribution is 2.34. The Kier molecular flexibility index (Phi) is 7.35. The molecule has 31 heavy (non-hydrogen) atoms. The van der Waals surface area contributed by atoms with Gasteiger partial charge in [0.25, 0.3) is 5.91 Å². The molecule has 1 amide bonds. The molecule has 1 saturated heterocycles. The van der Waals surface area contributed by atoms with E-state index in [0.29, 0.717) is 36.6 Å². The lowest BCUT2D eigenvalue weighted by molar-refractivity contribution is 0.102. The maximum Gasteiger partial charge on any atom is 0.255 e. The van der Waals surface area contributed by atoms with Crippen LogP contribution >= 0.6 is 0 Å². The van der Waals surface area contributed by atoms with Crippen molar-refractivity contribution in [2.45, 2.75) is 30.6 Å². The van der Waals surface area contributed by atoms with Gasteiger partial charge < -0.3 is 14.8 Å². The Morgan fingerprint density at radius 1 is 1.13 bits per heavy atom. The van der Waals surface area contributed by atoms with Crippen LogP contribution in [0, 0.1) is 0 Å². The van der Waals surface area contributed by atoms with Crippen LogP contribution < -0.4 is 14.8 Å². The number of anilines is 1. The number of carbonyl (C=O) groups is 1. The van der Waals surface area contributed by atoms with Gasteiger partial charge in [-0.25, -0.2) is 8.42 Å². The van der Waals surface area contributed by atoms with Crippen LogP contribution in [0.1, 0.15) is 35.2 Å². The Hall–Kier alpha value is -2.84. The zero-order valence-corrected chi connectivity index (χ0v) is 18.7. The van der Waals surface area contributed by atoms with Gasteiger partial charge in [0.1, 0.15) is 4.90 Å². The highest BCUT2D eigenvalue weighted by molar-refractivity contribution is 7.89. The van der Waals surface area contributed by atoms with Gasteiger partial charge in [-0.2, -0.15) is 4.31 Å². The highest BCUT2D eigenvalue weighted by atomic mass is 32.2. The van der Waals surface area contributed by atoms with Crippen LogP contribution in [-0.4, -0.2) is 45.9 Å². The largest absolute Gasteiger partial charge is 0.493 e. The van der Waals surface area contributed by atoms with Crippen molar-refractivity contribution in [2.75, 3.05) is 32.6 Å². The highest BCUT2D eigenvalue weighted by Gasteiger charge is 2.28. The van der Waals surface area contributed by atoms with Gasteiger partial charge in [-0.1, -0.05) is 24.6 Å². The molecule has 0 atom stereocenters. The van der Waals surface area contributed by atoms with Crippen molar-refractivity contribution in [1.29, 1.82) is 0 Å². The molecule has 0 spiro atoms. The minimum atomic E-state index is -3.70. The maximum absolute atomic E-state index is 13.2. The minimum Gasteiger partial charge on any atom is -0.493 e. The third-order valence-corrected chi connectivity index (χ3v) is 7.21. The summed E-state index contributed by atoms with van der Waals surface area (Å²) >= 11 is 0. The summed E-state index contributed by atoms with van der Waals surface area (Å²) in [5.41, 5.74) is 1.33. The average Bonchev–Trinajstić information content (AvgIpc) is 2.79. The van der Waals surface area contributed by atoms with Crippen molar-refractivity contribution in [2.24, 2.45) is 0 Å². The standard InChI is InChI=1S/C23H28N2O5S/c1-4-10-17-15-18(16-20(29-2)22(17)30-3)23(26)24-19-11-6-7-12-21(19)31(27,28)25-13-8-5-9-14-25/h4,6-7,11-12,15-16H,1,5,8-10,13-14H2,2-3H3,(H,24,26). The molecule has 1 aliphatic rings. The molecule has 0 bridgehead atoms. The Labute approximate surface area is 183 Å². The molecule has 2 aromatic rings. The van der Waals surface area contributed by atoms with E-state index in [1.54, 1.807) is 36.4 Å². The number of amides is 1. The van der Waals surface area contributed by atoms with Crippen molar-refractivity contribution in [3.05, 3.63) is 60.2 Å². The predicted molar refractivity (Wildman–Crippen MR) is 120 cm³/mol. The zero-order chi connectivity index (χ0) is 22.4. The predicted octanol–water partition coefficient (Wildman–Crippen LogP) is 3.86. The molecule has 1 heterocycles. The molecular weight excluding hydrogens is 416 g/mol. The third kappa shape index (κ3) is 4.91. The first kappa shape index (κ1) is 22.8. The molecule has 7 nitrogen and oxygen atoms in total. The van der Waals surface area contributed by atoms with E-state index in [0.717, 1.165) is 24.8 Å². The van der Waals surface area contributed by atoms with E-state index in [1.165, 1.54) is 24.6 Å². The number of allylic oxidation sites excluding steroid dienone is 1. The van der Waals surface area contributed by atoms with Gasteiger partial charge in [-0.3, -0.25) is 4.79 Å². The molecule has 1 N–H and O–H groups in total. The summed E-state index contributed by atoms with van der Waals surface area (Å²) in [6, 6.07) is 9.74. The number of hydrogen-bond donors (Lipinski definition) is 1. The number of carbonyl (C=O) groups excluding carboxylic acids is 1. The van der Waals surface area contributed by atoms with Crippen LogP contribution in [0.15, 0.2) is 53.9 Å². The normalized spacial score (nSPS) is 14.6. The van der Waals surface area contributed by atoms with Crippen LogP contribution in [0.4, 0.5) is 5.69 Å². The molecule has 0 radical (unpaired) electrons. The SMILES string of the molecule is C=CCc1cc(C(=O)Nc2ccccc2S(=O)(=O)N2CCCCC2)cc(OC)c1OC. The Morgan fingerprint density at radius 2 is 1.84 bits per heavy atom. The molecule has 0 unspecified atom stereocenters. The molecule has 166 valence electrons. The molecule has 1 aliphatic heterocycles. The van der Waals surface area contributed by atoms with Gasteiger partial charge in [0, 0.05) is 24.2 Å². The minimum absolute atomic E-state index is 0.0945. The van der Waals surface area contributed by atoms with E-state index >= 15 is 0 Å². The maximum atomic E-state index is 13.2. The first-order valence-corrected chi connectivity index (χ1v) is 11.6. The number of nitrogens with one attached hydrogen (secondary N) is 1. The first-order valence-electron chi connectivity index (χ1n) is 10.2. The Bertz CT molecular complexity index is 1060. The van der Waals surface area contributed by atoms with Crippen molar-refractivity contribution in [3.8, 4) is 11.5 Å². The molecule has 2 aromatic carbocycles. The molecule has 0 aliphatic carbocycles. The lowest BCUT2D eigenvalue weighted by Gasteiger charge is -2.26. The van der Waals surface area contributed by atoms with E-state index < -0.39 is 15.9 Å². The van der Waals surface area contributed by atoms with Gasteiger partial charge >= 0.3 is 0 Å². The number of para-hydroxylation sites is 1. The Balaban J connectivity index is 1.94. The van der Waals surface area contributed by atoms with E-state index in [-0.39, 0.29) is 10.6 Å². The van der Waals surface area contributed by atoms with E-state index in [2.05, 4.69) is 11.9 Å². The number of ether oxygens (including phenoxy) is 2. The number of sulfonamides is 1. The van der Waals surface area contributed by atoms with Gasteiger partial charge in [0.05, 0.1) is 19.9 Å². The Morgan fingerprint density at radius 3 is 2.48 bits per heavy atom. The average molecular weight is 445 g/mol. The number of methoxy groups -OCH3 is 2. The fourth-order valence-electron chi connectivity index (χ4n) is 3.72. The second-order valence-electron chi connectivity index (χ2n) is 7.28. The van der Waals surface area contributed by atoms with Crippen molar-refractivity contribution < 1.29 is 22.7 Å². The van der Waals surface area contributed by atoms with Crippen molar-refractivity contribution in [1.82, 2.24) is 4.31 Å². The number of benzene rings is 2. The fraction of sp³-hybridized carbons (Fsp3) is 0.348. The second kappa shape index (κ2) is 9.98. The lowest BCUT2D eigenvalue weighted by Crippen LogP contribution is -2.36. The molecule has 0 aromatic heterocycles. The summed E-state index contributed by atoms with van der Waals surface area (Å²) in [7, 11) is -0.669. The molecule has 8 heteroatoms. The van der Waals surface area contributed by atoms with Crippen LogP contribution in [0.5, 0.6) is 11.5 Å². The summed E-state index contributed by atoms with van der Waals surface area (Å²) in [4.78, 5) is 13.1. The smallest absolute Gasteiger partial charge is 0.255 e. The first-order chi connectivity index (χ1) is 14.9. The second-order valence-corrected chi connectivity index (χ2v) is 9.19. The summed E-state index contributed by atoms with van der Waals surface area (Å²) in [6.45, 7) is 4.73. The van der Waals surface area contributed by atoms with Crippen LogP contribution in [-0.2, 0) is 16.4 Å². The van der Waals surface area contributed by atoms with Crippen LogP contribution in [0.2, 0.25) is 0 Å². The van der Waals surface area contributed by atoms with Gasteiger partial charge in [-0.15, -0.1) is 6.58 Å². The van der Waals surface area contributed by atoms with E-state index in [1.807, 2.05) is 0 Å². The van der Waals surface area contributed by atoms with Crippen LogP contribution in [0.25, 0.3) is 0 Å². The summed E-state index contributed by atoms with van der Waals surface area (Å²) in [5, 5.41) is 2.76. The molecule has 0 saturated carbocycles. The van der Waals surface area contributed by atoms with Crippen molar-refractivity contribution >= 4 is 21.6 Å². The summed E-state index contributed by atoms with van der Waals surface area (Å²) in [5.74, 6) is 0.515. The van der Waals surface area contributed by atoms with Gasteiger partial charge in [0.15, 0.2) is 11.5 Å². The quantitative estimate of drug-likeness (QED) is 0.625.